The third-order valence-electron chi connectivity index (χ3n) is 9.61. The van der Waals surface area contributed by atoms with E-state index in [9.17, 15) is 14.4 Å². The van der Waals surface area contributed by atoms with E-state index < -0.39 is 29.9 Å². The number of aryl methyl sites for hydroxylation is 1. The molecule has 1 aliphatic heterocycles. The van der Waals surface area contributed by atoms with Gasteiger partial charge >= 0.3 is 0 Å². The first-order valence-electron chi connectivity index (χ1n) is 17.8. The van der Waals surface area contributed by atoms with Crippen LogP contribution in [0.2, 0.25) is 10.0 Å². The number of aromatic nitrogens is 1. The van der Waals surface area contributed by atoms with Crippen molar-refractivity contribution in [2.75, 3.05) is 13.6 Å². The summed E-state index contributed by atoms with van der Waals surface area (Å²) in [6.45, 7) is 0.496. The van der Waals surface area contributed by atoms with Gasteiger partial charge in [-0.05, 0) is 79.4 Å². The molecule has 280 valence electrons. The summed E-state index contributed by atoms with van der Waals surface area (Å²) in [5.74, 6) is -2.08. The zero-order valence-corrected chi connectivity index (χ0v) is 31.3. The average molecular weight is 770 g/mol. The van der Waals surface area contributed by atoms with E-state index in [0.29, 0.717) is 45.2 Å². The number of hydrogen-bond donors (Lipinski definition) is 3. The van der Waals surface area contributed by atoms with Crippen LogP contribution in [0.5, 0.6) is 0 Å². The predicted molar refractivity (Wildman–Crippen MR) is 210 cm³/mol. The quantitative estimate of drug-likeness (QED) is 0.0581. The van der Waals surface area contributed by atoms with Crippen LogP contribution >= 0.6 is 23.2 Å². The number of Topliss-reactive ketones (excluding diaryl/α,β-unsaturated/α-hetero) is 2. The fourth-order valence-electron chi connectivity index (χ4n) is 6.78. The smallest absolute Gasteiger partial charge is 0.264 e. The number of hydrogen-bond acceptors (Lipinski definition) is 8. The molecule has 1 aromatic heterocycles. The molecule has 2 heterocycles. The minimum atomic E-state index is -0.916. The summed E-state index contributed by atoms with van der Waals surface area (Å²) >= 11 is 12.7. The van der Waals surface area contributed by atoms with Gasteiger partial charge in [0.05, 0.1) is 30.5 Å². The summed E-state index contributed by atoms with van der Waals surface area (Å²) in [7, 11) is 1.74. The zero-order chi connectivity index (χ0) is 38.2. The number of likely N-dealkylation sites (tertiary alicyclic amines) is 1. The molecule has 13 heteroatoms. The predicted octanol–water partition coefficient (Wildman–Crippen LogP) is 6.45. The number of amides is 1. The Morgan fingerprint density at radius 2 is 1.72 bits per heavy atom. The molecule has 5 aromatic rings. The lowest BCUT2D eigenvalue weighted by atomic mass is 9.88. The number of oxazole rings is 1. The van der Waals surface area contributed by atoms with Crippen molar-refractivity contribution in [2.45, 2.75) is 56.9 Å². The molecule has 4 aromatic carbocycles. The first kappa shape index (κ1) is 38.6. The van der Waals surface area contributed by atoms with Gasteiger partial charge in [0.2, 0.25) is 11.7 Å². The molecule has 0 unspecified atom stereocenters. The highest BCUT2D eigenvalue weighted by molar-refractivity contribution is 6.31. The van der Waals surface area contributed by atoms with Crippen molar-refractivity contribution in [3.63, 3.8) is 0 Å². The number of guanidine groups is 1. The number of benzene rings is 4. The van der Waals surface area contributed by atoms with Crippen LogP contribution in [-0.4, -0.2) is 65.1 Å². The Morgan fingerprint density at radius 1 is 0.981 bits per heavy atom. The maximum atomic E-state index is 14.5. The number of aliphatic imine (C=N–C) groups is 1. The highest BCUT2D eigenvalue weighted by atomic mass is 35.5. The lowest BCUT2D eigenvalue weighted by Gasteiger charge is -2.28. The van der Waals surface area contributed by atoms with Crippen molar-refractivity contribution < 1.29 is 23.5 Å². The molecular weight excluding hydrogens is 727 g/mol. The molecule has 11 nitrogen and oxygen atoms in total. The Bertz CT molecular complexity index is 2090. The number of halogens is 2. The van der Waals surface area contributed by atoms with Crippen molar-refractivity contribution in [3.8, 4) is 0 Å². The lowest BCUT2D eigenvalue weighted by molar-refractivity contribution is -0.139. The van der Waals surface area contributed by atoms with Crippen LogP contribution in [0.4, 0.5) is 5.69 Å². The Morgan fingerprint density at radius 3 is 2.43 bits per heavy atom. The summed E-state index contributed by atoms with van der Waals surface area (Å²) < 4.78 is 12.2. The van der Waals surface area contributed by atoms with E-state index in [1.54, 1.807) is 66.5 Å². The molecule has 1 amide bonds. The van der Waals surface area contributed by atoms with E-state index >= 15 is 0 Å². The van der Waals surface area contributed by atoms with Crippen molar-refractivity contribution in [1.82, 2.24) is 15.2 Å². The number of ketones is 2. The third kappa shape index (κ3) is 9.72. The Labute approximate surface area is 323 Å². The van der Waals surface area contributed by atoms with Crippen LogP contribution < -0.4 is 16.8 Å². The maximum Gasteiger partial charge on any atom is 0.264 e. The number of likely N-dealkylation sites (N-methyl/N-ethyl adjacent to an activating group) is 1. The number of rotatable bonds is 16. The van der Waals surface area contributed by atoms with E-state index in [0.717, 1.165) is 11.1 Å². The van der Waals surface area contributed by atoms with Gasteiger partial charge in [0.1, 0.15) is 5.52 Å². The van der Waals surface area contributed by atoms with Crippen LogP contribution in [0.25, 0.3) is 11.1 Å². The number of carbonyl (C=O) groups excluding carboxylic acids is 3. The standard InChI is InChI=1S/C41H42Cl2N6O5/c1-46-34(18-13-25-7-3-2-4-8-25)40(52)49-23-31(53-24-26-11-15-29(42)16-12-26)22-35(49)36(50)20-28(19-27-14-17-30(21-32(27)43)47-41(44)45)38(51)39-48-33-9-5-6-10-37(33)54-39/h2-12,14-17,21,28,31,34-35,46H,13,18-20,22-24H2,1H3,(H4,44,45,47)/t28-,31-,34-,35+/m1/s1. The number of ether oxygens (including phenoxy) is 1. The zero-order valence-electron chi connectivity index (χ0n) is 29.8. The highest BCUT2D eigenvalue weighted by Gasteiger charge is 2.43. The first-order chi connectivity index (χ1) is 26.1. The van der Waals surface area contributed by atoms with Gasteiger partial charge in [-0.25, -0.2) is 9.98 Å². The summed E-state index contributed by atoms with van der Waals surface area (Å²) in [4.78, 5) is 53.1. The lowest BCUT2D eigenvalue weighted by Crippen LogP contribution is -2.50. The third-order valence-corrected chi connectivity index (χ3v) is 10.2. The number of carbonyl (C=O) groups is 3. The second-order valence-corrected chi connectivity index (χ2v) is 14.2. The normalized spacial score (nSPS) is 16.6. The molecule has 1 aliphatic rings. The molecule has 0 spiro atoms. The molecule has 0 radical (unpaired) electrons. The number of nitrogens with two attached hydrogens (primary N) is 2. The fourth-order valence-corrected chi connectivity index (χ4v) is 7.16. The molecule has 0 bridgehead atoms. The molecule has 5 N–H and O–H groups in total. The van der Waals surface area contributed by atoms with Crippen molar-refractivity contribution in [3.05, 3.63) is 130 Å². The molecular formula is C41H42Cl2N6O5. The van der Waals surface area contributed by atoms with Crippen LogP contribution in [0, 0.1) is 5.92 Å². The van der Waals surface area contributed by atoms with E-state index in [2.05, 4.69) is 15.3 Å². The van der Waals surface area contributed by atoms with Gasteiger partial charge in [0.15, 0.2) is 17.3 Å². The van der Waals surface area contributed by atoms with E-state index in [1.165, 1.54) is 0 Å². The SMILES string of the molecule is CN[C@H](CCc1ccccc1)C(=O)N1C[C@H](OCc2ccc(Cl)cc2)C[C@H]1C(=O)C[C@@H](Cc1ccc(N=C(N)N)cc1Cl)C(=O)c1nc2ccccc2o1. The van der Waals surface area contributed by atoms with Crippen molar-refractivity contribution in [2.24, 2.45) is 22.4 Å². The summed E-state index contributed by atoms with van der Waals surface area (Å²) in [5, 5.41) is 4.10. The molecule has 4 atom stereocenters. The molecule has 1 saturated heterocycles. The Kier molecular flexibility index (Phi) is 12.8. The van der Waals surface area contributed by atoms with Crippen LogP contribution in [0.15, 0.2) is 106 Å². The summed E-state index contributed by atoms with van der Waals surface area (Å²) in [6, 6.07) is 27.9. The topological polar surface area (TPSA) is 166 Å². The molecule has 0 aliphatic carbocycles. The van der Waals surface area contributed by atoms with Gasteiger partial charge in [0, 0.05) is 35.3 Å². The highest BCUT2D eigenvalue weighted by Crippen LogP contribution is 2.31. The number of para-hydroxylation sites is 2. The van der Waals surface area contributed by atoms with Gasteiger partial charge in [0.25, 0.3) is 5.89 Å². The Balaban J connectivity index is 1.27. The molecule has 0 saturated carbocycles. The summed E-state index contributed by atoms with van der Waals surface area (Å²) in [5.41, 5.74) is 15.1. The molecule has 6 rings (SSSR count). The van der Waals surface area contributed by atoms with Gasteiger partial charge in [-0.1, -0.05) is 83.9 Å². The Hall–Kier alpha value is -5.07. The first-order valence-corrected chi connectivity index (χ1v) is 18.5. The van der Waals surface area contributed by atoms with Crippen molar-refractivity contribution in [1.29, 1.82) is 0 Å². The van der Waals surface area contributed by atoms with E-state index in [1.807, 2.05) is 42.5 Å². The number of nitrogens with one attached hydrogen (secondary N) is 1. The second-order valence-electron chi connectivity index (χ2n) is 13.4. The van der Waals surface area contributed by atoms with Gasteiger partial charge in [-0.3, -0.25) is 14.4 Å². The number of fused-ring (bicyclic) bond motifs is 1. The second kappa shape index (κ2) is 17.8. The molecule has 1 fully saturated rings. The van der Waals surface area contributed by atoms with Crippen LogP contribution in [0.3, 0.4) is 0 Å². The maximum absolute atomic E-state index is 14.5. The van der Waals surface area contributed by atoms with Gasteiger partial charge in [-0.15, -0.1) is 0 Å². The van der Waals surface area contributed by atoms with Gasteiger partial charge in [-0.2, -0.15) is 0 Å². The molecule has 54 heavy (non-hydrogen) atoms. The number of nitrogens with zero attached hydrogens (tertiary/aromatic N) is 3. The van der Waals surface area contributed by atoms with E-state index in [4.69, 9.17) is 43.8 Å². The van der Waals surface area contributed by atoms with Gasteiger partial charge < -0.3 is 30.8 Å². The summed E-state index contributed by atoms with van der Waals surface area (Å²) in [6.07, 6.45) is 0.943. The van der Waals surface area contributed by atoms with Crippen LogP contribution in [0.1, 0.15) is 46.6 Å². The van der Waals surface area contributed by atoms with Crippen LogP contribution in [-0.2, 0) is 33.8 Å². The van der Waals surface area contributed by atoms with Crippen molar-refractivity contribution >= 4 is 63.4 Å². The monoisotopic (exact) mass is 768 g/mol. The van der Waals surface area contributed by atoms with E-state index in [-0.39, 0.29) is 56.0 Å². The minimum absolute atomic E-state index is 0.0949. The fraction of sp³-hybridized carbons (Fsp3) is 0.293. The average Bonchev–Trinajstić information content (AvgIpc) is 3.81. The largest absolute Gasteiger partial charge is 0.434 e. The minimum Gasteiger partial charge on any atom is -0.434 e.